The number of hydrogen-bond acceptors (Lipinski definition) is 3. The summed E-state index contributed by atoms with van der Waals surface area (Å²) in [6.45, 7) is 4.57. The van der Waals surface area contributed by atoms with Gasteiger partial charge in [-0.3, -0.25) is 4.90 Å². The van der Waals surface area contributed by atoms with Crippen LogP contribution in [-0.4, -0.2) is 40.9 Å². The second-order valence-corrected chi connectivity index (χ2v) is 4.83. The monoisotopic (exact) mass is 246 g/mol. The molecule has 1 aromatic carbocycles. The number of aromatic nitrogens is 1. The van der Waals surface area contributed by atoms with Crippen molar-refractivity contribution in [1.29, 1.82) is 0 Å². The molecule has 0 aliphatic carbocycles. The molecular weight excluding hydrogens is 228 g/mol. The van der Waals surface area contributed by atoms with Crippen LogP contribution >= 0.6 is 0 Å². The fourth-order valence-electron chi connectivity index (χ4n) is 2.52. The maximum absolute atomic E-state index is 9.55. The minimum atomic E-state index is 0.321. The molecule has 0 unspecified atom stereocenters. The highest BCUT2D eigenvalue weighted by molar-refractivity contribution is 5.82. The molecule has 0 bridgehead atoms. The molecule has 1 aliphatic rings. The number of rotatable bonds is 2. The molecule has 18 heavy (non-hydrogen) atoms. The van der Waals surface area contributed by atoms with Crippen LogP contribution in [0.2, 0.25) is 0 Å². The van der Waals surface area contributed by atoms with Crippen molar-refractivity contribution < 1.29 is 9.84 Å². The Labute approximate surface area is 106 Å². The average Bonchev–Trinajstić information content (AvgIpc) is 2.68. The molecule has 4 heteroatoms. The third kappa shape index (κ3) is 2.09. The van der Waals surface area contributed by atoms with Gasteiger partial charge in [0.1, 0.15) is 5.75 Å². The molecule has 0 saturated carbocycles. The van der Waals surface area contributed by atoms with Gasteiger partial charge < -0.3 is 14.4 Å². The van der Waals surface area contributed by atoms with Crippen LogP contribution < -0.4 is 0 Å². The lowest BCUT2D eigenvalue weighted by Crippen LogP contribution is -2.36. The summed E-state index contributed by atoms with van der Waals surface area (Å²) in [7, 11) is 2.05. The van der Waals surface area contributed by atoms with Gasteiger partial charge in [-0.05, 0) is 18.2 Å². The third-order valence-corrected chi connectivity index (χ3v) is 3.62. The zero-order valence-corrected chi connectivity index (χ0v) is 10.6. The summed E-state index contributed by atoms with van der Waals surface area (Å²) in [5.41, 5.74) is 2.36. The first kappa shape index (κ1) is 11.6. The number of fused-ring (bicyclic) bond motifs is 1. The van der Waals surface area contributed by atoms with E-state index in [2.05, 4.69) is 22.6 Å². The Kier molecular flexibility index (Phi) is 2.97. The van der Waals surface area contributed by atoms with Crippen molar-refractivity contribution >= 4 is 10.9 Å². The summed E-state index contributed by atoms with van der Waals surface area (Å²) in [5, 5.41) is 10.7. The molecule has 96 valence electrons. The SMILES string of the molecule is Cn1c(CN2CCOCC2)cc2ccc(O)cc21. The normalized spacial score (nSPS) is 17.4. The van der Waals surface area contributed by atoms with E-state index in [1.807, 2.05) is 12.1 Å². The highest BCUT2D eigenvalue weighted by Crippen LogP contribution is 2.23. The van der Waals surface area contributed by atoms with E-state index in [1.54, 1.807) is 6.07 Å². The summed E-state index contributed by atoms with van der Waals surface area (Å²) in [5.74, 6) is 0.321. The molecular formula is C14H18N2O2. The quantitative estimate of drug-likeness (QED) is 0.876. The van der Waals surface area contributed by atoms with Gasteiger partial charge in [0.25, 0.3) is 0 Å². The second-order valence-electron chi connectivity index (χ2n) is 4.83. The molecule has 2 aromatic rings. The molecule has 1 fully saturated rings. The van der Waals surface area contributed by atoms with Crippen LogP contribution in [0.3, 0.4) is 0 Å². The van der Waals surface area contributed by atoms with Crippen molar-refractivity contribution in [3.05, 3.63) is 30.0 Å². The summed E-state index contributed by atoms with van der Waals surface area (Å²) >= 11 is 0. The number of morpholine rings is 1. The fraction of sp³-hybridized carbons (Fsp3) is 0.429. The highest BCUT2D eigenvalue weighted by Gasteiger charge is 2.13. The van der Waals surface area contributed by atoms with Gasteiger partial charge in [0.15, 0.2) is 0 Å². The second kappa shape index (κ2) is 4.63. The van der Waals surface area contributed by atoms with Gasteiger partial charge in [-0.2, -0.15) is 0 Å². The number of ether oxygens (including phenoxy) is 1. The van der Waals surface area contributed by atoms with Crippen LogP contribution in [0.5, 0.6) is 5.75 Å². The van der Waals surface area contributed by atoms with Gasteiger partial charge in [-0.15, -0.1) is 0 Å². The Morgan fingerprint density at radius 1 is 1.22 bits per heavy atom. The molecule has 0 atom stereocenters. The van der Waals surface area contributed by atoms with Gasteiger partial charge in [0, 0.05) is 43.8 Å². The van der Waals surface area contributed by atoms with E-state index in [0.29, 0.717) is 5.75 Å². The van der Waals surface area contributed by atoms with Crippen LogP contribution in [0, 0.1) is 0 Å². The van der Waals surface area contributed by atoms with Crippen molar-refractivity contribution in [2.24, 2.45) is 7.05 Å². The molecule has 0 radical (unpaired) electrons. The standard InChI is InChI=1S/C14H18N2O2/c1-15-12(10-16-4-6-18-7-5-16)8-11-2-3-13(17)9-14(11)15/h2-3,8-9,17H,4-7,10H2,1H3. The minimum Gasteiger partial charge on any atom is -0.508 e. The topological polar surface area (TPSA) is 37.6 Å². The van der Waals surface area contributed by atoms with Crippen LogP contribution in [0.1, 0.15) is 5.69 Å². The van der Waals surface area contributed by atoms with Gasteiger partial charge >= 0.3 is 0 Å². The molecule has 4 nitrogen and oxygen atoms in total. The van der Waals surface area contributed by atoms with Crippen molar-refractivity contribution in [3.63, 3.8) is 0 Å². The number of nitrogens with zero attached hydrogens (tertiary/aromatic N) is 2. The molecule has 1 aromatic heterocycles. The van der Waals surface area contributed by atoms with Gasteiger partial charge in [-0.25, -0.2) is 0 Å². The Morgan fingerprint density at radius 2 is 2.00 bits per heavy atom. The summed E-state index contributed by atoms with van der Waals surface area (Å²) in [6, 6.07) is 7.72. The first-order valence-electron chi connectivity index (χ1n) is 6.31. The molecule has 0 amide bonds. The maximum atomic E-state index is 9.55. The van der Waals surface area contributed by atoms with E-state index >= 15 is 0 Å². The van der Waals surface area contributed by atoms with Crippen molar-refractivity contribution in [2.45, 2.75) is 6.54 Å². The molecule has 1 N–H and O–H groups in total. The van der Waals surface area contributed by atoms with E-state index in [-0.39, 0.29) is 0 Å². The van der Waals surface area contributed by atoms with Crippen LogP contribution in [0.25, 0.3) is 10.9 Å². The molecule has 0 spiro atoms. The lowest BCUT2D eigenvalue weighted by Gasteiger charge is -2.26. The molecule has 3 rings (SSSR count). The zero-order valence-electron chi connectivity index (χ0n) is 10.6. The van der Waals surface area contributed by atoms with Gasteiger partial charge in [0.2, 0.25) is 0 Å². The fourth-order valence-corrected chi connectivity index (χ4v) is 2.52. The third-order valence-electron chi connectivity index (χ3n) is 3.62. The van der Waals surface area contributed by atoms with E-state index in [4.69, 9.17) is 4.74 Å². The Balaban J connectivity index is 1.89. The highest BCUT2D eigenvalue weighted by atomic mass is 16.5. The first-order valence-corrected chi connectivity index (χ1v) is 6.31. The predicted octanol–water partition coefficient (Wildman–Crippen LogP) is 1.72. The lowest BCUT2D eigenvalue weighted by molar-refractivity contribution is 0.0333. The number of hydrogen-bond donors (Lipinski definition) is 1. The van der Waals surface area contributed by atoms with E-state index in [0.717, 1.165) is 38.4 Å². The molecule has 1 aliphatic heterocycles. The lowest BCUT2D eigenvalue weighted by atomic mass is 10.2. The number of aryl methyl sites for hydroxylation is 1. The van der Waals surface area contributed by atoms with E-state index in [1.165, 1.54) is 11.1 Å². The number of phenolic OH excluding ortho intramolecular Hbond substituents is 1. The van der Waals surface area contributed by atoms with E-state index in [9.17, 15) is 5.11 Å². The zero-order chi connectivity index (χ0) is 12.5. The van der Waals surface area contributed by atoms with E-state index < -0.39 is 0 Å². The minimum absolute atomic E-state index is 0.321. The van der Waals surface area contributed by atoms with Crippen molar-refractivity contribution in [2.75, 3.05) is 26.3 Å². The average molecular weight is 246 g/mol. The smallest absolute Gasteiger partial charge is 0.117 e. The predicted molar refractivity (Wildman–Crippen MR) is 70.7 cm³/mol. The number of phenols is 1. The maximum Gasteiger partial charge on any atom is 0.117 e. The van der Waals surface area contributed by atoms with Gasteiger partial charge in [-0.1, -0.05) is 0 Å². The summed E-state index contributed by atoms with van der Waals surface area (Å²) in [4.78, 5) is 2.40. The largest absolute Gasteiger partial charge is 0.508 e. The summed E-state index contributed by atoms with van der Waals surface area (Å²) in [6.07, 6.45) is 0. The Hall–Kier alpha value is -1.52. The van der Waals surface area contributed by atoms with Crippen molar-refractivity contribution in [3.8, 4) is 5.75 Å². The number of benzene rings is 1. The Morgan fingerprint density at radius 3 is 2.78 bits per heavy atom. The van der Waals surface area contributed by atoms with Gasteiger partial charge in [0.05, 0.1) is 18.7 Å². The first-order chi connectivity index (χ1) is 8.74. The van der Waals surface area contributed by atoms with Crippen LogP contribution in [-0.2, 0) is 18.3 Å². The van der Waals surface area contributed by atoms with Crippen LogP contribution in [0.15, 0.2) is 24.3 Å². The molecule has 2 heterocycles. The van der Waals surface area contributed by atoms with Crippen LogP contribution in [0.4, 0.5) is 0 Å². The Bertz CT molecular complexity index is 556. The number of aromatic hydroxyl groups is 1. The van der Waals surface area contributed by atoms with Crippen molar-refractivity contribution in [1.82, 2.24) is 9.47 Å². The molecule has 1 saturated heterocycles. The summed E-state index contributed by atoms with van der Waals surface area (Å²) < 4.78 is 7.52.